The Kier molecular flexibility index (Phi) is 4.92. The number of rotatable bonds is 3. The molecule has 2 aromatic rings. The van der Waals surface area contributed by atoms with Gasteiger partial charge in [-0.05, 0) is 12.1 Å². The van der Waals surface area contributed by atoms with E-state index in [1.165, 1.54) is 6.20 Å². The highest BCUT2D eigenvalue weighted by Gasteiger charge is 2.14. The lowest BCUT2D eigenvalue weighted by Crippen LogP contribution is -2.29. The van der Waals surface area contributed by atoms with Gasteiger partial charge in [-0.2, -0.15) is 5.10 Å². The third-order valence-corrected chi connectivity index (χ3v) is 4.02. The van der Waals surface area contributed by atoms with Crippen molar-refractivity contribution in [2.45, 2.75) is 13.0 Å². The Hall–Kier alpha value is -2.25. The lowest BCUT2D eigenvalue weighted by molar-refractivity contribution is -0.117. The summed E-state index contributed by atoms with van der Waals surface area (Å²) in [5.41, 5.74) is -0.102. The summed E-state index contributed by atoms with van der Waals surface area (Å²) in [7, 11) is 0. The van der Waals surface area contributed by atoms with Crippen molar-refractivity contribution in [2.75, 3.05) is 18.5 Å². The molecule has 0 atom stereocenters. The number of nitrogens with one attached hydrogen (secondary N) is 1. The molecule has 1 aromatic carbocycles. The van der Waals surface area contributed by atoms with Gasteiger partial charge in [-0.25, -0.2) is 4.68 Å². The SMILES string of the molecule is O=C(Cn1ncc(Cl)c(Cl)c1=O)Nc1ccc2c(c1)OCCCO2. The Morgan fingerprint density at radius 1 is 1.25 bits per heavy atom. The topological polar surface area (TPSA) is 82.5 Å². The van der Waals surface area contributed by atoms with Gasteiger partial charge in [0.2, 0.25) is 5.91 Å². The van der Waals surface area contributed by atoms with Gasteiger partial charge in [-0.1, -0.05) is 23.2 Å². The molecule has 0 radical (unpaired) electrons. The summed E-state index contributed by atoms with van der Waals surface area (Å²) >= 11 is 11.5. The van der Waals surface area contributed by atoms with Gasteiger partial charge in [0.1, 0.15) is 11.6 Å². The van der Waals surface area contributed by atoms with Gasteiger partial charge in [0.25, 0.3) is 5.56 Å². The molecule has 0 spiro atoms. The molecular weight excluding hydrogens is 357 g/mol. The molecular formula is C15H13Cl2N3O4. The number of hydrogen-bond donors (Lipinski definition) is 1. The van der Waals surface area contributed by atoms with E-state index < -0.39 is 11.5 Å². The Bertz CT molecular complexity index is 838. The summed E-state index contributed by atoms with van der Waals surface area (Å²) in [5.74, 6) is 0.764. The first-order valence-electron chi connectivity index (χ1n) is 7.15. The number of carbonyl (C=O) groups is 1. The zero-order valence-electron chi connectivity index (χ0n) is 12.4. The minimum absolute atomic E-state index is 0.0428. The molecule has 1 N–H and O–H groups in total. The zero-order valence-corrected chi connectivity index (χ0v) is 13.9. The van der Waals surface area contributed by atoms with Gasteiger partial charge in [-0.15, -0.1) is 0 Å². The Balaban J connectivity index is 1.72. The van der Waals surface area contributed by atoms with Gasteiger partial charge in [0, 0.05) is 18.2 Å². The van der Waals surface area contributed by atoms with E-state index >= 15 is 0 Å². The molecule has 126 valence electrons. The minimum Gasteiger partial charge on any atom is -0.490 e. The number of aromatic nitrogens is 2. The lowest BCUT2D eigenvalue weighted by Gasteiger charge is -2.11. The summed E-state index contributed by atoms with van der Waals surface area (Å²) < 4.78 is 12.0. The molecule has 7 nitrogen and oxygen atoms in total. The van der Waals surface area contributed by atoms with Crippen molar-refractivity contribution in [1.82, 2.24) is 9.78 Å². The van der Waals surface area contributed by atoms with Crippen LogP contribution in [-0.2, 0) is 11.3 Å². The molecule has 9 heteroatoms. The monoisotopic (exact) mass is 369 g/mol. The fourth-order valence-corrected chi connectivity index (χ4v) is 2.41. The fraction of sp³-hybridized carbons (Fsp3) is 0.267. The number of hydrogen-bond acceptors (Lipinski definition) is 5. The molecule has 1 amide bonds. The van der Waals surface area contributed by atoms with Crippen LogP contribution in [0.5, 0.6) is 11.5 Å². The first kappa shape index (κ1) is 16.6. The highest BCUT2D eigenvalue weighted by atomic mass is 35.5. The molecule has 1 aromatic heterocycles. The van der Waals surface area contributed by atoms with Crippen LogP contribution in [0.1, 0.15) is 6.42 Å². The number of ether oxygens (including phenoxy) is 2. The molecule has 0 bridgehead atoms. The predicted octanol–water partition coefficient (Wildman–Crippen LogP) is 2.35. The molecule has 3 rings (SSSR count). The van der Waals surface area contributed by atoms with Crippen LogP contribution in [0.25, 0.3) is 0 Å². The van der Waals surface area contributed by atoms with Crippen LogP contribution < -0.4 is 20.3 Å². The van der Waals surface area contributed by atoms with Crippen molar-refractivity contribution in [3.63, 3.8) is 0 Å². The third-order valence-electron chi connectivity index (χ3n) is 3.27. The van der Waals surface area contributed by atoms with Crippen LogP contribution in [0, 0.1) is 0 Å². The van der Waals surface area contributed by atoms with Gasteiger partial charge in [0.15, 0.2) is 11.5 Å². The molecule has 2 heterocycles. The molecule has 0 aliphatic carbocycles. The standard InChI is InChI=1S/C15H13Cl2N3O4/c16-10-7-18-20(15(22)14(10)17)8-13(21)19-9-2-3-11-12(6-9)24-5-1-4-23-11/h2-3,6-7H,1,4-5,8H2,(H,19,21). The van der Waals surface area contributed by atoms with Gasteiger partial charge >= 0.3 is 0 Å². The lowest BCUT2D eigenvalue weighted by atomic mass is 10.2. The number of anilines is 1. The first-order valence-corrected chi connectivity index (χ1v) is 7.91. The van der Waals surface area contributed by atoms with Crippen LogP contribution in [0.2, 0.25) is 10.0 Å². The van der Waals surface area contributed by atoms with Crippen molar-refractivity contribution in [3.8, 4) is 11.5 Å². The molecule has 0 unspecified atom stereocenters. The normalized spacial score (nSPS) is 13.2. The van der Waals surface area contributed by atoms with Crippen molar-refractivity contribution in [2.24, 2.45) is 0 Å². The van der Waals surface area contributed by atoms with E-state index in [1.54, 1.807) is 18.2 Å². The smallest absolute Gasteiger partial charge is 0.287 e. The Morgan fingerprint density at radius 2 is 2.00 bits per heavy atom. The number of carbonyl (C=O) groups excluding carboxylic acids is 1. The summed E-state index contributed by atoms with van der Waals surface area (Å²) in [6.45, 7) is 0.849. The van der Waals surface area contributed by atoms with E-state index in [1.807, 2.05) is 0 Å². The van der Waals surface area contributed by atoms with E-state index in [0.29, 0.717) is 30.4 Å². The molecule has 24 heavy (non-hydrogen) atoms. The van der Waals surface area contributed by atoms with Crippen molar-refractivity contribution >= 4 is 34.8 Å². The fourth-order valence-electron chi connectivity index (χ4n) is 2.14. The summed E-state index contributed by atoms with van der Waals surface area (Å²) in [4.78, 5) is 24.0. The predicted molar refractivity (Wildman–Crippen MR) is 89.2 cm³/mol. The van der Waals surface area contributed by atoms with E-state index in [9.17, 15) is 9.59 Å². The maximum Gasteiger partial charge on any atom is 0.287 e. The summed E-state index contributed by atoms with van der Waals surface area (Å²) in [6.07, 6.45) is 2.01. The second-order valence-corrected chi connectivity index (χ2v) is 5.81. The van der Waals surface area contributed by atoms with Crippen LogP contribution >= 0.6 is 23.2 Å². The number of amides is 1. The van der Waals surface area contributed by atoms with Gasteiger partial charge in [0.05, 0.1) is 24.4 Å². The zero-order chi connectivity index (χ0) is 17.1. The Morgan fingerprint density at radius 3 is 2.79 bits per heavy atom. The molecule has 0 saturated heterocycles. The first-order chi connectivity index (χ1) is 11.5. The maximum absolute atomic E-state index is 12.1. The van der Waals surface area contributed by atoms with Crippen LogP contribution in [0.15, 0.2) is 29.2 Å². The minimum atomic E-state index is -0.627. The van der Waals surface area contributed by atoms with Crippen molar-refractivity contribution in [1.29, 1.82) is 0 Å². The molecule has 0 saturated carbocycles. The van der Waals surface area contributed by atoms with Gasteiger partial charge in [-0.3, -0.25) is 9.59 Å². The second kappa shape index (κ2) is 7.11. The van der Waals surface area contributed by atoms with E-state index in [0.717, 1.165) is 11.1 Å². The number of halogens is 2. The van der Waals surface area contributed by atoms with Crippen LogP contribution in [-0.4, -0.2) is 28.9 Å². The van der Waals surface area contributed by atoms with Crippen molar-refractivity contribution < 1.29 is 14.3 Å². The van der Waals surface area contributed by atoms with Crippen LogP contribution in [0.3, 0.4) is 0 Å². The average molecular weight is 370 g/mol. The number of fused-ring (bicyclic) bond motifs is 1. The number of benzene rings is 1. The Labute approximate surface area is 147 Å². The third kappa shape index (κ3) is 3.63. The molecule has 1 aliphatic rings. The maximum atomic E-state index is 12.1. The van der Waals surface area contributed by atoms with E-state index in [2.05, 4.69) is 10.4 Å². The van der Waals surface area contributed by atoms with Crippen LogP contribution in [0.4, 0.5) is 5.69 Å². The van der Waals surface area contributed by atoms with Crippen molar-refractivity contribution in [3.05, 3.63) is 44.8 Å². The highest BCUT2D eigenvalue weighted by Crippen LogP contribution is 2.32. The second-order valence-electron chi connectivity index (χ2n) is 5.03. The largest absolute Gasteiger partial charge is 0.490 e. The summed E-state index contributed by atoms with van der Waals surface area (Å²) in [5, 5.41) is 6.33. The molecule has 0 fully saturated rings. The number of nitrogens with zero attached hydrogens (tertiary/aromatic N) is 2. The van der Waals surface area contributed by atoms with E-state index in [-0.39, 0.29) is 16.6 Å². The van der Waals surface area contributed by atoms with Gasteiger partial charge < -0.3 is 14.8 Å². The summed E-state index contributed by atoms with van der Waals surface area (Å²) in [6, 6.07) is 5.08. The molecule has 1 aliphatic heterocycles. The average Bonchev–Trinajstić information content (AvgIpc) is 2.80. The highest BCUT2D eigenvalue weighted by molar-refractivity contribution is 6.41. The van der Waals surface area contributed by atoms with E-state index in [4.69, 9.17) is 32.7 Å². The quantitative estimate of drug-likeness (QED) is 0.897.